The Bertz CT molecular complexity index is 712. The average Bonchev–Trinajstić information content (AvgIpc) is 3.04. The summed E-state index contributed by atoms with van der Waals surface area (Å²) in [6.45, 7) is 14.8. The van der Waals surface area contributed by atoms with Gasteiger partial charge in [0.1, 0.15) is 0 Å². The van der Waals surface area contributed by atoms with Crippen molar-refractivity contribution in [2.75, 3.05) is 0 Å². The molecule has 0 amide bonds. The van der Waals surface area contributed by atoms with Crippen molar-refractivity contribution in [3.05, 3.63) is 35.5 Å². The van der Waals surface area contributed by atoms with E-state index in [4.69, 9.17) is 0 Å². The molecule has 0 aromatic rings. The molecular weight excluding hydrogens is 384 g/mol. The Morgan fingerprint density at radius 1 is 1.23 bits per heavy atom. The van der Waals surface area contributed by atoms with E-state index in [9.17, 15) is 15.3 Å². The Labute approximate surface area is 190 Å². The molecule has 176 valence electrons. The van der Waals surface area contributed by atoms with Crippen LogP contribution >= 0.6 is 0 Å². The quantitative estimate of drug-likeness (QED) is 0.488. The monoisotopic (exact) mass is 430 g/mol. The van der Waals surface area contributed by atoms with E-state index in [2.05, 4.69) is 32.6 Å². The summed E-state index contributed by atoms with van der Waals surface area (Å²) in [6.07, 6.45) is 13.4. The molecule has 3 aliphatic rings. The van der Waals surface area contributed by atoms with E-state index < -0.39 is 17.8 Å². The van der Waals surface area contributed by atoms with Gasteiger partial charge in [-0.25, -0.2) is 0 Å². The number of rotatable bonds is 6. The third-order valence-electron chi connectivity index (χ3n) is 8.97. The van der Waals surface area contributed by atoms with Crippen LogP contribution in [-0.4, -0.2) is 33.1 Å². The Kier molecular flexibility index (Phi) is 7.61. The van der Waals surface area contributed by atoms with E-state index >= 15 is 0 Å². The van der Waals surface area contributed by atoms with E-state index in [0.717, 1.165) is 36.3 Å². The highest BCUT2D eigenvalue weighted by atomic mass is 16.3. The van der Waals surface area contributed by atoms with Gasteiger partial charge in [0.15, 0.2) is 0 Å². The molecule has 3 rings (SSSR count). The smallest absolute Gasteiger partial charge is 0.0837 e. The SMILES string of the molecule is C=C1C(=CC=C2CCC[C@]3(C)[C@@H]([C@H](C)CCCC(C)(C)O)CC[C@@H]23)C[C@H](O)[C@@H](C)[C@@H]1O. The van der Waals surface area contributed by atoms with Gasteiger partial charge in [-0.05, 0) is 93.1 Å². The first-order valence-corrected chi connectivity index (χ1v) is 12.6. The first kappa shape index (κ1) is 24.7. The molecule has 0 aromatic carbocycles. The van der Waals surface area contributed by atoms with Crippen molar-refractivity contribution in [1.82, 2.24) is 0 Å². The van der Waals surface area contributed by atoms with Crippen LogP contribution in [0.25, 0.3) is 0 Å². The summed E-state index contributed by atoms with van der Waals surface area (Å²) in [5, 5.41) is 30.7. The van der Waals surface area contributed by atoms with Gasteiger partial charge in [-0.2, -0.15) is 0 Å². The van der Waals surface area contributed by atoms with E-state index in [1.165, 1.54) is 32.1 Å². The molecule has 3 N–H and O–H groups in total. The van der Waals surface area contributed by atoms with Gasteiger partial charge in [-0.15, -0.1) is 0 Å². The lowest BCUT2D eigenvalue weighted by Crippen LogP contribution is -2.36. The maximum Gasteiger partial charge on any atom is 0.0837 e. The van der Waals surface area contributed by atoms with Crippen molar-refractivity contribution in [3.8, 4) is 0 Å². The predicted octanol–water partition coefficient (Wildman–Crippen LogP) is 5.95. The molecule has 0 aliphatic heterocycles. The average molecular weight is 431 g/mol. The fourth-order valence-corrected chi connectivity index (χ4v) is 6.91. The number of aliphatic hydroxyl groups excluding tert-OH is 2. The molecule has 0 saturated heterocycles. The van der Waals surface area contributed by atoms with Gasteiger partial charge in [-0.1, -0.05) is 57.9 Å². The highest BCUT2D eigenvalue weighted by Gasteiger charge is 2.50. The van der Waals surface area contributed by atoms with Crippen LogP contribution < -0.4 is 0 Å². The van der Waals surface area contributed by atoms with Gasteiger partial charge in [-0.3, -0.25) is 0 Å². The Morgan fingerprint density at radius 3 is 2.61 bits per heavy atom. The second kappa shape index (κ2) is 9.53. The maximum absolute atomic E-state index is 10.4. The summed E-state index contributed by atoms with van der Waals surface area (Å²) in [4.78, 5) is 0. The molecule has 3 heteroatoms. The molecule has 0 radical (unpaired) electrons. The second-order valence-corrected chi connectivity index (χ2v) is 11.8. The van der Waals surface area contributed by atoms with Crippen molar-refractivity contribution in [1.29, 1.82) is 0 Å². The van der Waals surface area contributed by atoms with Crippen molar-refractivity contribution in [2.45, 2.75) is 110 Å². The standard InChI is InChI=1S/C28H46O3/c1-18(9-7-15-27(4,5)31)23-13-14-24-21(10-8-16-28(23,24)6)11-12-22-17-25(29)20(3)26(30)19(22)2/h11-12,18,20,23-26,29-31H,2,7-10,13-17H2,1,3-6H3/t18-,20-,23-,24+,25+,26-,28-/m1/s1. The van der Waals surface area contributed by atoms with Crippen LogP contribution in [0.15, 0.2) is 35.5 Å². The molecule has 0 unspecified atom stereocenters. The van der Waals surface area contributed by atoms with Gasteiger partial charge in [0.05, 0.1) is 17.8 Å². The molecule has 3 saturated carbocycles. The van der Waals surface area contributed by atoms with Crippen LogP contribution in [0.1, 0.15) is 92.4 Å². The molecule has 31 heavy (non-hydrogen) atoms. The third kappa shape index (κ3) is 5.37. The minimum Gasteiger partial charge on any atom is -0.392 e. The topological polar surface area (TPSA) is 60.7 Å². The number of hydrogen-bond acceptors (Lipinski definition) is 3. The number of allylic oxidation sites excluding steroid dienone is 3. The van der Waals surface area contributed by atoms with Crippen molar-refractivity contribution >= 4 is 0 Å². The minimum atomic E-state index is -0.648. The molecule has 3 fully saturated rings. The highest BCUT2D eigenvalue weighted by molar-refractivity contribution is 5.39. The molecular formula is C28H46O3. The van der Waals surface area contributed by atoms with E-state index in [1.807, 2.05) is 20.8 Å². The first-order valence-electron chi connectivity index (χ1n) is 12.6. The molecule has 0 aromatic heterocycles. The lowest BCUT2D eigenvalue weighted by molar-refractivity contribution is 0.0283. The molecule has 7 atom stereocenters. The third-order valence-corrected chi connectivity index (χ3v) is 8.97. The van der Waals surface area contributed by atoms with Crippen molar-refractivity contribution < 1.29 is 15.3 Å². The van der Waals surface area contributed by atoms with Gasteiger partial charge in [0.2, 0.25) is 0 Å². The lowest BCUT2D eigenvalue weighted by Gasteiger charge is -2.44. The van der Waals surface area contributed by atoms with E-state index in [0.29, 0.717) is 23.7 Å². The zero-order valence-electron chi connectivity index (χ0n) is 20.5. The van der Waals surface area contributed by atoms with Gasteiger partial charge < -0.3 is 15.3 Å². The Balaban J connectivity index is 1.71. The summed E-state index contributed by atoms with van der Waals surface area (Å²) < 4.78 is 0. The minimum absolute atomic E-state index is 0.149. The van der Waals surface area contributed by atoms with Gasteiger partial charge in [0, 0.05) is 5.92 Å². The molecule has 3 aliphatic carbocycles. The van der Waals surface area contributed by atoms with Crippen LogP contribution in [0.4, 0.5) is 0 Å². The zero-order valence-corrected chi connectivity index (χ0v) is 20.5. The summed E-state index contributed by atoms with van der Waals surface area (Å²) in [5.41, 5.74) is 3.15. The van der Waals surface area contributed by atoms with Gasteiger partial charge >= 0.3 is 0 Å². The number of aliphatic hydroxyl groups is 3. The van der Waals surface area contributed by atoms with Crippen molar-refractivity contribution in [2.24, 2.45) is 29.1 Å². The van der Waals surface area contributed by atoms with Crippen LogP contribution in [0.2, 0.25) is 0 Å². The fraction of sp³-hybridized carbons (Fsp3) is 0.786. The molecule has 3 nitrogen and oxygen atoms in total. The van der Waals surface area contributed by atoms with E-state index in [-0.39, 0.29) is 5.92 Å². The molecule has 0 heterocycles. The maximum atomic E-state index is 10.4. The summed E-state index contributed by atoms with van der Waals surface area (Å²) in [7, 11) is 0. The second-order valence-electron chi connectivity index (χ2n) is 11.8. The Hall–Kier alpha value is -0.900. The largest absolute Gasteiger partial charge is 0.392 e. The zero-order chi connectivity index (χ0) is 23.0. The van der Waals surface area contributed by atoms with Crippen LogP contribution in [0, 0.1) is 29.1 Å². The summed E-state index contributed by atoms with van der Waals surface area (Å²) >= 11 is 0. The normalized spacial score (nSPS) is 40.4. The van der Waals surface area contributed by atoms with Crippen LogP contribution in [-0.2, 0) is 0 Å². The van der Waals surface area contributed by atoms with Crippen LogP contribution in [0.3, 0.4) is 0 Å². The Morgan fingerprint density at radius 2 is 1.94 bits per heavy atom. The highest BCUT2D eigenvalue weighted by Crippen LogP contribution is 2.60. The number of fused-ring (bicyclic) bond motifs is 1. The summed E-state index contributed by atoms with van der Waals surface area (Å²) in [5.74, 6) is 1.94. The number of hydrogen-bond donors (Lipinski definition) is 3. The van der Waals surface area contributed by atoms with Crippen molar-refractivity contribution in [3.63, 3.8) is 0 Å². The first-order chi connectivity index (χ1) is 14.4. The van der Waals surface area contributed by atoms with Gasteiger partial charge in [0.25, 0.3) is 0 Å². The molecule has 0 bridgehead atoms. The summed E-state index contributed by atoms with van der Waals surface area (Å²) in [6, 6.07) is 0. The fourth-order valence-electron chi connectivity index (χ4n) is 6.91. The van der Waals surface area contributed by atoms with E-state index in [1.54, 1.807) is 5.57 Å². The predicted molar refractivity (Wildman–Crippen MR) is 129 cm³/mol. The lowest BCUT2D eigenvalue weighted by atomic mass is 9.60. The van der Waals surface area contributed by atoms with Crippen LogP contribution in [0.5, 0.6) is 0 Å². The molecule has 0 spiro atoms.